The molecule has 4 nitrogen and oxygen atoms in total. The van der Waals surface area contributed by atoms with Gasteiger partial charge in [0.1, 0.15) is 0 Å². The van der Waals surface area contributed by atoms with Gasteiger partial charge in [0.25, 0.3) is 0 Å². The summed E-state index contributed by atoms with van der Waals surface area (Å²) < 4.78 is 0. The van der Waals surface area contributed by atoms with E-state index in [0.717, 1.165) is 12.0 Å². The molecular weight excluding hydrogens is 228 g/mol. The monoisotopic (exact) mass is 245 g/mol. The number of benzene rings is 1. The molecule has 1 radical (unpaired) electrons. The van der Waals surface area contributed by atoms with Crippen molar-refractivity contribution in [2.75, 3.05) is 6.54 Å². The van der Waals surface area contributed by atoms with Crippen LogP contribution >= 0.6 is 0 Å². The molecule has 0 aliphatic carbocycles. The van der Waals surface area contributed by atoms with Crippen molar-refractivity contribution in [3.8, 4) is 0 Å². The van der Waals surface area contributed by atoms with E-state index in [1.165, 1.54) is 0 Å². The molecule has 0 bridgehead atoms. The van der Waals surface area contributed by atoms with Crippen molar-refractivity contribution in [1.29, 1.82) is 0 Å². The topological polar surface area (TPSA) is 63.4 Å². The van der Waals surface area contributed by atoms with Gasteiger partial charge in [0.15, 0.2) is 0 Å². The Bertz CT molecular complexity index is 419. The molecule has 1 fully saturated rings. The van der Waals surface area contributed by atoms with Crippen LogP contribution in [0.15, 0.2) is 30.3 Å². The third-order valence-electron chi connectivity index (χ3n) is 3.29. The Labute approximate surface area is 107 Å². The number of nitrogens with two attached hydrogens (primary N) is 1. The molecule has 2 rings (SSSR count). The lowest BCUT2D eigenvalue weighted by Gasteiger charge is -2.23. The van der Waals surface area contributed by atoms with Crippen LogP contribution < -0.4 is 5.73 Å². The van der Waals surface area contributed by atoms with E-state index in [0.29, 0.717) is 19.4 Å². The van der Waals surface area contributed by atoms with Gasteiger partial charge in [0, 0.05) is 6.54 Å². The first-order chi connectivity index (χ1) is 8.72. The van der Waals surface area contributed by atoms with E-state index in [1.807, 2.05) is 36.6 Å². The second-order valence-corrected chi connectivity index (χ2v) is 4.60. The maximum absolute atomic E-state index is 12.1. The van der Waals surface area contributed by atoms with Crippen LogP contribution in [-0.4, -0.2) is 35.7 Å². The first kappa shape index (κ1) is 12.8. The van der Waals surface area contributed by atoms with Gasteiger partial charge in [0.05, 0.1) is 12.1 Å². The number of hydrogen-bond donors (Lipinski definition) is 1. The fourth-order valence-corrected chi connectivity index (χ4v) is 2.32. The van der Waals surface area contributed by atoms with Gasteiger partial charge in [-0.05, 0) is 24.8 Å². The van der Waals surface area contributed by atoms with Gasteiger partial charge in [-0.15, -0.1) is 0 Å². The van der Waals surface area contributed by atoms with Crippen molar-refractivity contribution >= 4 is 12.2 Å². The molecular formula is C14H17N2O2. The molecule has 4 heteroatoms. The summed E-state index contributed by atoms with van der Waals surface area (Å²) in [6, 6.07) is 8.67. The number of hydrogen-bond acceptors (Lipinski definition) is 3. The molecule has 0 saturated carbocycles. The minimum Gasteiger partial charge on any atom is -0.331 e. The summed E-state index contributed by atoms with van der Waals surface area (Å²) in [4.78, 5) is 24.4. The molecule has 1 amide bonds. The van der Waals surface area contributed by atoms with Crippen LogP contribution in [-0.2, 0) is 16.0 Å². The van der Waals surface area contributed by atoms with Gasteiger partial charge in [-0.1, -0.05) is 30.3 Å². The standard InChI is InChI=1S/C14H17N2O2/c15-13(9-11-5-2-1-3-6-11)14(18)16-8-4-7-12(16)10-17/h1-3,5-6,12-13H,4,7-9,15H2. The highest BCUT2D eigenvalue weighted by atomic mass is 16.2. The Hall–Kier alpha value is -1.68. The minimum atomic E-state index is -0.582. The summed E-state index contributed by atoms with van der Waals surface area (Å²) >= 11 is 0. The summed E-state index contributed by atoms with van der Waals surface area (Å²) in [5.74, 6) is -0.148. The second-order valence-electron chi connectivity index (χ2n) is 4.60. The maximum Gasteiger partial charge on any atom is 0.240 e. The zero-order chi connectivity index (χ0) is 13.0. The van der Waals surface area contributed by atoms with Gasteiger partial charge < -0.3 is 10.6 Å². The number of carbonyl (C=O) groups excluding carboxylic acids is 2. The van der Waals surface area contributed by atoms with Crippen molar-refractivity contribution in [2.45, 2.75) is 31.3 Å². The Morgan fingerprint density at radius 1 is 1.44 bits per heavy atom. The van der Waals surface area contributed by atoms with Crippen LogP contribution in [0.2, 0.25) is 0 Å². The molecule has 1 aromatic rings. The summed E-state index contributed by atoms with van der Waals surface area (Å²) in [7, 11) is 0. The van der Waals surface area contributed by atoms with Crippen LogP contribution in [0.25, 0.3) is 0 Å². The Morgan fingerprint density at radius 2 is 2.17 bits per heavy atom. The van der Waals surface area contributed by atoms with Crippen LogP contribution in [0.1, 0.15) is 18.4 Å². The maximum atomic E-state index is 12.1. The quantitative estimate of drug-likeness (QED) is 0.847. The molecule has 18 heavy (non-hydrogen) atoms. The van der Waals surface area contributed by atoms with Crippen molar-refractivity contribution in [1.82, 2.24) is 4.90 Å². The van der Waals surface area contributed by atoms with Gasteiger partial charge in [0.2, 0.25) is 12.2 Å². The van der Waals surface area contributed by atoms with Crippen molar-refractivity contribution in [3.63, 3.8) is 0 Å². The van der Waals surface area contributed by atoms with Crippen LogP contribution in [0, 0.1) is 0 Å². The number of nitrogens with zero attached hydrogens (tertiary/aromatic N) is 1. The summed E-state index contributed by atoms with van der Waals surface area (Å²) in [6.07, 6.45) is 3.97. The predicted octanol–water partition coefficient (Wildman–Crippen LogP) is 0.657. The zero-order valence-corrected chi connectivity index (χ0v) is 10.2. The molecule has 95 valence electrons. The average molecular weight is 245 g/mol. The lowest BCUT2D eigenvalue weighted by atomic mass is 10.1. The third-order valence-corrected chi connectivity index (χ3v) is 3.29. The Morgan fingerprint density at radius 3 is 2.83 bits per heavy atom. The van der Waals surface area contributed by atoms with E-state index in [2.05, 4.69) is 0 Å². The van der Waals surface area contributed by atoms with Crippen LogP contribution in [0.5, 0.6) is 0 Å². The van der Waals surface area contributed by atoms with Crippen LogP contribution in [0.3, 0.4) is 0 Å². The second kappa shape index (κ2) is 5.78. The van der Waals surface area contributed by atoms with E-state index in [4.69, 9.17) is 5.73 Å². The Balaban J connectivity index is 1.98. The zero-order valence-electron chi connectivity index (χ0n) is 10.2. The molecule has 1 aliphatic rings. The van der Waals surface area contributed by atoms with E-state index >= 15 is 0 Å². The van der Waals surface area contributed by atoms with Gasteiger partial charge in [-0.25, -0.2) is 0 Å². The molecule has 2 unspecified atom stereocenters. The molecule has 1 saturated heterocycles. The van der Waals surface area contributed by atoms with Gasteiger partial charge in [-0.3, -0.25) is 9.59 Å². The highest BCUT2D eigenvalue weighted by Crippen LogP contribution is 2.17. The van der Waals surface area contributed by atoms with Gasteiger partial charge >= 0.3 is 0 Å². The van der Waals surface area contributed by atoms with Crippen LogP contribution in [0.4, 0.5) is 0 Å². The Kier molecular flexibility index (Phi) is 4.10. The molecule has 1 aromatic carbocycles. The first-order valence-electron chi connectivity index (χ1n) is 6.20. The minimum absolute atomic E-state index is 0.148. The van der Waals surface area contributed by atoms with E-state index in [1.54, 1.807) is 4.90 Å². The lowest BCUT2D eigenvalue weighted by Crippen LogP contribution is -2.47. The lowest BCUT2D eigenvalue weighted by molar-refractivity contribution is -0.132. The van der Waals surface area contributed by atoms with Crippen molar-refractivity contribution < 1.29 is 9.59 Å². The molecule has 1 aliphatic heterocycles. The number of carbonyl (C=O) groups is 1. The summed E-state index contributed by atoms with van der Waals surface area (Å²) in [5, 5.41) is 0. The third kappa shape index (κ3) is 2.76. The molecule has 2 N–H and O–H groups in total. The van der Waals surface area contributed by atoms with Gasteiger partial charge in [-0.2, -0.15) is 0 Å². The normalized spacial score (nSPS) is 20.7. The average Bonchev–Trinajstić information content (AvgIpc) is 2.87. The van der Waals surface area contributed by atoms with E-state index < -0.39 is 12.1 Å². The fourth-order valence-electron chi connectivity index (χ4n) is 2.32. The molecule has 1 heterocycles. The highest BCUT2D eigenvalue weighted by molar-refractivity contribution is 5.85. The number of rotatable bonds is 4. The van der Waals surface area contributed by atoms with E-state index in [-0.39, 0.29) is 5.91 Å². The number of likely N-dealkylation sites (tertiary alicyclic amines) is 1. The van der Waals surface area contributed by atoms with Crippen molar-refractivity contribution in [3.05, 3.63) is 35.9 Å². The van der Waals surface area contributed by atoms with Crippen molar-refractivity contribution in [2.24, 2.45) is 5.73 Å². The molecule has 0 spiro atoms. The fraction of sp³-hybridized carbons (Fsp3) is 0.429. The SMILES string of the molecule is NC(Cc1ccccc1)C(=O)N1CCCC1[C]=O. The largest absolute Gasteiger partial charge is 0.331 e. The smallest absolute Gasteiger partial charge is 0.240 e. The molecule has 0 aromatic heterocycles. The predicted molar refractivity (Wildman–Crippen MR) is 68.5 cm³/mol. The first-order valence-corrected chi connectivity index (χ1v) is 6.20. The highest BCUT2D eigenvalue weighted by Gasteiger charge is 2.31. The van der Waals surface area contributed by atoms with E-state index in [9.17, 15) is 9.59 Å². The molecule has 2 atom stereocenters. The summed E-state index contributed by atoms with van der Waals surface area (Å²) in [6.45, 7) is 0.612. The summed E-state index contributed by atoms with van der Waals surface area (Å²) in [5.41, 5.74) is 6.96. The number of amides is 1.